The van der Waals surface area contributed by atoms with E-state index in [0.717, 1.165) is 31.8 Å². The first-order valence-electron chi connectivity index (χ1n) is 5.26. The van der Waals surface area contributed by atoms with E-state index in [9.17, 15) is 0 Å². The lowest BCUT2D eigenvalue weighted by atomic mass is 10.1. The van der Waals surface area contributed by atoms with Gasteiger partial charge in [0.05, 0.1) is 12.8 Å². The largest absolute Gasteiger partial charge is 0.468 e. The summed E-state index contributed by atoms with van der Waals surface area (Å²) < 4.78 is 5.21. The van der Waals surface area contributed by atoms with Crippen LogP contribution in [0.5, 0.6) is 0 Å². The third-order valence-corrected chi connectivity index (χ3v) is 2.27. The van der Waals surface area contributed by atoms with Gasteiger partial charge >= 0.3 is 0 Å². The van der Waals surface area contributed by atoms with Gasteiger partial charge in [0.2, 0.25) is 0 Å². The zero-order valence-electron chi connectivity index (χ0n) is 8.83. The van der Waals surface area contributed by atoms with Crippen LogP contribution in [-0.4, -0.2) is 13.1 Å². The fourth-order valence-corrected chi connectivity index (χ4v) is 1.42. The molecule has 0 fully saturated rings. The minimum atomic E-state index is 0.688. The Kier molecular flexibility index (Phi) is 5.33. The zero-order chi connectivity index (χ0) is 10.2. The average molecular weight is 196 g/mol. The smallest absolute Gasteiger partial charge is 0.117 e. The summed E-state index contributed by atoms with van der Waals surface area (Å²) in [6.07, 6.45) is 4.01. The Hall–Kier alpha value is -0.800. The van der Waals surface area contributed by atoms with Gasteiger partial charge < -0.3 is 15.5 Å². The molecule has 0 aliphatic heterocycles. The molecular formula is C11H20N2O. The summed E-state index contributed by atoms with van der Waals surface area (Å²) in [5, 5.41) is 3.36. The standard InChI is InChI=1S/C11H20N2O/c1-10(4-2-6-12)8-13-9-11-5-3-7-14-11/h3,5,7,10,13H,2,4,6,8-9,12H2,1H3. The summed E-state index contributed by atoms with van der Waals surface area (Å²) in [5.74, 6) is 1.68. The van der Waals surface area contributed by atoms with Crippen LogP contribution in [0.2, 0.25) is 0 Å². The maximum absolute atomic E-state index is 5.45. The molecule has 3 heteroatoms. The van der Waals surface area contributed by atoms with E-state index >= 15 is 0 Å². The highest BCUT2D eigenvalue weighted by atomic mass is 16.3. The van der Waals surface area contributed by atoms with E-state index in [1.54, 1.807) is 6.26 Å². The molecule has 80 valence electrons. The number of nitrogens with two attached hydrogens (primary N) is 1. The maximum atomic E-state index is 5.45. The van der Waals surface area contributed by atoms with Crippen molar-refractivity contribution in [3.05, 3.63) is 24.2 Å². The Bertz CT molecular complexity index is 221. The van der Waals surface area contributed by atoms with Crippen LogP contribution < -0.4 is 11.1 Å². The van der Waals surface area contributed by atoms with Crippen molar-refractivity contribution < 1.29 is 4.42 Å². The van der Waals surface area contributed by atoms with Crippen molar-refractivity contribution in [2.45, 2.75) is 26.3 Å². The Labute approximate surface area is 85.7 Å². The van der Waals surface area contributed by atoms with Crippen molar-refractivity contribution in [2.24, 2.45) is 11.7 Å². The van der Waals surface area contributed by atoms with Crippen molar-refractivity contribution in [1.29, 1.82) is 0 Å². The summed E-state index contributed by atoms with van der Waals surface area (Å²) in [5.41, 5.74) is 5.45. The zero-order valence-corrected chi connectivity index (χ0v) is 8.83. The highest BCUT2D eigenvalue weighted by Gasteiger charge is 2.01. The lowest BCUT2D eigenvalue weighted by Gasteiger charge is -2.10. The van der Waals surface area contributed by atoms with Gasteiger partial charge in [-0.25, -0.2) is 0 Å². The van der Waals surface area contributed by atoms with E-state index in [-0.39, 0.29) is 0 Å². The van der Waals surface area contributed by atoms with Gasteiger partial charge in [-0.15, -0.1) is 0 Å². The Morgan fingerprint density at radius 2 is 2.43 bits per heavy atom. The third-order valence-electron chi connectivity index (χ3n) is 2.27. The molecule has 0 aliphatic carbocycles. The van der Waals surface area contributed by atoms with E-state index in [4.69, 9.17) is 10.2 Å². The SMILES string of the molecule is CC(CCCN)CNCc1ccco1. The predicted molar refractivity (Wildman–Crippen MR) is 57.9 cm³/mol. The average Bonchev–Trinajstić information content (AvgIpc) is 2.67. The molecule has 1 aromatic rings. The molecule has 0 saturated carbocycles. The second kappa shape index (κ2) is 6.62. The van der Waals surface area contributed by atoms with E-state index < -0.39 is 0 Å². The molecule has 0 amide bonds. The number of rotatable bonds is 7. The molecule has 14 heavy (non-hydrogen) atoms. The summed E-state index contributed by atoms with van der Waals surface area (Å²) in [6, 6.07) is 3.90. The number of hydrogen-bond donors (Lipinski definition) is 2. The second-order valence-corrected chi connectivity index (χ2v) is 3.75. The molecule has 1 atom stereocenters. The van der Waals surface area contributed by atoms with E-state index in [1.807, 2.05) is 12.1 Å². The van der Waals surface area contributed by atoms with Gasteiger partial charge in [-0.1, -0.05) is 6.92 Å². The van der Waals surface area contributed by atoms with Gasteiger partial charge in [-0.3, -0.25) is 0 Å². The molecule has 3 N–H and O–H groups in total. The van der Waals surface area contributed by atoms with Gasteiger partial charge in [-0.05, 0) is 44.0 Å². The molecule has 1 rings (SSSR count). The Balaban J connectivity index is 2.03. The minimum Gasteiger partial charge on any atom is -0.468 e. The fourth-order valence-electron chi connectivity index (χ4n) is 1.42. The van der Waals surface area contributed by atoms with Crippen LogP contribution in [0.4, 0.5) is 0 Å². The highest BCUT2D eigenvalue weighted by molar-refractivity contribution is 4.97. The number of hydrogen-bond acceptors (Lipinski definition) is 3. The van der Waals surface area contributed by atoms with Gasteiger partial charge in [0.1, 0.15) is 5.76 Å². The first-order valence-corrected chi connectivity index (χ1v) is 5.26. The number of furan rings is 1. The van der Waals surface area contributed by atoms with Gasteiger partial charge in [-0.2, -0.15) is 0 Å². The molecule has 0 aliphatic rings. The van der Waals surface area contributed by atoms with Gasteiger partial charge in [0.25, 0.3) is 0 Å². The van der Waals surface area contributed by atoms with Crippen LogP contribution in [0.1, 0.15) is 25.5 Å². The van der Waals surface area contributed by atoms with Gasteiger partial charge in [0, 0.05) is 0 Å². The molecular weight excluding hydrogens is 176 g/mol. The first kappa shape index (κ1) is 11.3. The molecule has 0 bridgehead atoms. The van der Waals surface area contributed by atoms with Crippen LogP contribution in [0.15, 0.2) is 22.8 Å². The summed E-state index contributed by atoms with van der Waals surface area (Å²) in [7, 11) is 0. The monoisotopic (exact) mass is 196 g/mol. The Morgan fingerprint density at radius 1 is 1.57 bits per heavy atom. The van der Waals surface area contributed by atoms with Crippen LogP contribution >= 0.6 is 0 Å². The van der Waals surface area contributed by atoms with Crippen LogP contribution in [0.25, 0.3) is 0 Å². The molecule has 1 heterocycles. The van der Waals surface area contributed by atoms with Crippen molar-refractivity contribution in [1.82, 2.24) is 5.32 Å². The van der Waals surface area contributed by atoms with E-state index in [0.29, 0.717) is 5.92 Å². The molecule has 3 nitrogen and oxygen atoms in total. The molecule has 0 radical (unpaired) electrons. The molecule has 0 spiro atoms. The number of nitrogens with one attached hydrogen (secondary N) is 1. The van der Waals surface area contributed by atoms with Crippen LogP contribution in [0, 0.1) is 5.92 Å². The predicted octanol–water partition coefficient (Wildman–Crippen LogP) is 1.74. The Morgan fingerprint density at radius 3 is 3.07 bits per heavy atom. The second-order valence-electron chi connectivity index (χ2n) is 3.75. The van der Waals surface area contributed by atoms with Crippen molar-refractivity contribution in [2.75, 3.05) is 13.1 Å². The molecule has 0 aromatic carbocycles. The van der Waals surface area contributed by atoms with Gasteiger partial charge in [0.15, 0.2) is 0 Å². The molecule has 0 saturated heterocycles. The normalized spacial score (nSPS) is 13.0. The highest BCUT2D eigenvalue weighted by Crippen LogP contribution is 2.04. The molecule has 1 unspecified atom stereocenters. The summed E-state index contributed by atoms with van der Waals surface area (Å²) in [4.78, 5) is 0. The third kappa shape index (κ3) is 4.44. The lowest BCUT2D eigenvalue weighted by molar-refractivity contribution is 0.435. The van der Waals surface area contributed by atoms with E-state index in [2.05, 4.69) is 12.2 Å². The van der Waals surface area contributed by atoms with E-state index in [1.165, 1.54) is 6.42 Å². The van der Waals surface area contributed by atoms with Crippen LogP contribution in [-0.2, 0) is 6.54 Å². The summed E-state index contributed by atoms with van der Waals surface area (Å²) in [6.45, 7) is 4.88. The topological polar surface area (TPSA) is 51.2 Å². The van der Waals surface area contributed by atoms with Crippen molar-refractivity contribution >= 4 is 0 Å². The summed E-state index contributed by atoms with van der Waals surface area (Å²) >= 11 is 0. The van der Waals surface area contributed by atoms with Crippen LogP contribution in [0.3, 0.4) is 0 Å². The minimum absolute atomic E-state index is 0.688. The quantitative estimate of drug-likeness (QED) is 0.698. The maximum Gasteiger partial charge on any atom is 0.117 e. The van der Waals surface area contributed by atoms with Crippen molar-refractivity contribution in [3.8, 4) is 0 Å². The lowest BCUT2D eigenvalue weighted by Crippen LogP contribution is -2.21. The fraction of sp³-hybridized carbons (Fsp3) is 0.636. The molecule has 1 aromatic heterocycles. The van der Waals surface area contributed by atoms with Crippen molar-refractivity contribution in [3.63, 3.8) is 0 Å². The first-order chi connectivity index (χ1) is 6.83.